The van der Waals surface area contributed by atoms with Crippen molar-refractivity contribution in [1.82, 2.24) is 25.1 Å². The maximum atomic E-state index is 13.1. The summed E-state index contributed by atoms with van der Waals surface area (Å²) in [6.07, 6.45) is 2.73. The van der Waals surface area contributed by atoms with Crippen LogP contribution < -0.4 is 16.0 Å². The van der Waals surface area contributed by atoms with Crippen molar-refractivity contribution >= 4 is 35.1 Å². The van der Waals surface area contributed by atoms with E-state index < -0.39 is 11.5 Å². The molecule has 0 bridgehead atoms. The van der Waals surface area contributed by atoms with Crippen LogP contribution in [0.3, 0.4) is 0 Å². The Morgan fingerprint density at radius 2 is 1.80 bits per heavy atom. The number of amides is 2. The molecule has 1 atom stereocenters. The van der Waals surface area contributed by atoms with Gasteiger partial charge >= 0.3 is 0 Å². The summed E-state index contributed by atoms with van der Waals surface area (Å²) >= 11 is 6.45. The SMILES string of the molecule is CC[C@H]1CN(c2nc(N)c(C(=O)NCCO)nc2Cl)CCN1C1CCN(C(=O)c2ccc(C(C)(C)O)cc2)CC1. The van der Waals surface area contributed by atoms with E-state index in [-0.39, 0.29) is 41.8 Å². The van der Waals surface area contributed by atoms with E-state index in [1.807, 2.05) is 17.0 Å². The van der Waals surface area contributed by atoms with Crippen molar-refractivity contribution < 1.29 is 19.8 Å². The number of piperazine rings is 1. The summed E-state index contributed by atoms with van der Waals surface area (Å²) in [6.45, 7) is 9.10. The van der Waals surface area contributed by atoms with E-state index in [2.05, 4.69) is 32.0 Å². The monoisotopic (exact) mass is 573 g/mol. The smallest absolute Gasteiger partial charge is 0.273 e. The second kappa shape index (κ2) is 12.7. The largest absolute Gasteiger partial charge is 0.395 e. The third-order valence-corrected chi connectivity index (χ3v) is 8.09. The van der Waals surface area contributed by atoms with Gasteiger partial charge in [0, 0.05) is 56.9 Å². The minimum absolute atomic E-state index is 0.00271. The number of carbonyl (C=O) groups is 2. The lowest BCUT2D eigenvalue weighted by atomic mass is 9.96. The van der Waals surface area contributed by atoms with Crippen LogP contribution in [-0.2, 0) is 5.60 Å². The molecule has 2 saturated heterocycles. The number of hydrogen-bond donors (Lipinski definition) is 4. The predicted molar refractivity (Wildman–Crippen MR) is 154 cm³/mol. The molecule has 0 radical (unpaired) electrons. The van der Waals surface area contributed by atoms with Gasteiger partial charge in [0.25, 0.3) is 11.8 Å². The van der Waals surface area contributed by atoms with Crippen LogP contribution in [-0.4, -0.2) is 99.8 Å². The molecule has 2 amide bonds. The summed E-state index contributed by atoms with van der Waals surface area (Å²) in [5.41, 5.74) is 6.48. The molecule has 2 aliphatic heterocycles. The van der Waals surface area contributed by atoms with Crippen molar-refractivity contribution in [3.05, 3.63) is 46.2 Å². The average Bonchev–Trinajstić information content (AvgIpc) is 2.95. The van der Waals surface area contributed by atoms with Crippen LogP contribution in [0.15, 0.2) is 24.3 Å². The third-order valence-electron chi connectivity index (χ3n) is 7.83. The first-order chi connectivity index (χ1) is 19.0. The molecule has 218 valence electrons. The highest BCUT2D eigenvalue weighted by atomic mass is 35.5. The summed E-state index contributed by atoms with van der Waals surface area (Å²) in [6, 6.07) is 7.86. The number of nitrogen functional groups attached to an aromatic ring is 1. The van der Waals surface area contributed by atoms with Crippen LogP contribution in [0.2, 0.25) is 5.15 Å². The zero-order chi connectivity index (χ0) is 29.0. The zero-order valence-corrected chi connectivity index (χ0v) is 24.2. The van der Waals surface area contributed by atoms with Gasteiger partial charge in [0.1, 0.15) is 0 Å². The minimum Gasteiger partial charge on any atom is -0.395 e. The number of nitrogens with zero attached hydrogens (tertiary/aromatic N) is 5. The van der Waals surface area contributed by atoms with Crippen LogP contribution >= 0.6 is 11.6 Å². The van der Waals surface area contributed by atoms with Crippen molar-refractivity contribution in [3.63, 3.8) is 0 Å². The van der Waals surface area contributed by atoms with Crippen LogP contribution in [0.1, 0.15) is 66.4 Å². The number of aliphatic hydroxyl groups excluding tert-OH is 1. The lowest BCUT2D eigenvalue weighted by Crippen LogP contribution is -2.58. The summed E-state index contributed by atoms with van der Waals surface area (Å²) in [5.74, 6) is -0.0411. The van der Waals surface area contributed by atoms with Crippen molar-refractivity contribution in [2.45, 2.75) is 57.7 Å². The summed E-state index contributed by atoms with van der Waals surface area (Å²) in [4.78, 5) is 40.5. The van der Waals surface area contributed by atoms with Crippen LogP contribution in [0.5, 0.6) is 0 Å². The van der Waals surface area contributed by atoms with Crippen LogP contribution in [0.4, 0.5) is 11.6 Å². The Bertz CT molecular complexity index is 1200. The first-order valence-electron chi connectivity index (χ1n) is 13.9. The number of aliphatic hydroxyl groups is 2. The van der Waals surface area contributed by atoms with E-state index in [4.69, 9.17) is 22.4 Å². The molecule has 3 heterocycles. The lowest BCUT2D eigenvalue weighted by Gasteiger charge is -2.47. The fourth-order valence-electron chi connectivity index (χ4n) is 5.55. The van der Waals surface area contributed by atoms with Gasteiger partial charge in [-0.2, -0.15) is 0 Å². The molecule has 0 saturated carbocycles. The second-order valence-electron chi connectivity index (χ2n) is 11.0. The van der Waals surface area contributed by atoms with Crippen molar-refractivity contribution in [2.24, 2.45) is 0 Å². The quantitative estimate of drug-likeness (QED) is 0.371. The predicted octanol–water partition coefficient (Wildman–Crippen LogP) is 1.87. The summed E-state index contributed by atoms with van der Waals surface area (Å²) in [5, 5.41) is 21.8. The molecule has 2 fully saturated rings. The highest BCUT2D eigenvalue weighted by molar-refractivity contribution is 6.32. The molecule has 40 heavy (non-hydrogen) atoms. The molecule has 2 aliphatic rings. The number of likely N-dealkylation sites (tertiary alicyclic amines) is 1. The van der Waals surface area contributed by atoms with Gasteiger partial charge in [-0.25, -0.2) is 9.97 Å². The topological polar surface area (TPSA) is 148 Å². The zero-order valence-electron chi connectivity index (χ0n) is 23.4. The van der Waals surface area contributed by atoms with Crippen molar-refractivity contribution in [1.29, 1.82) is 0 Å². The maximum absolute atomic E-state index is 13.1. The van der Waals surface area contributed by atoms with Gasteiger partial charge in [-0.3, -0.25) is 14.5 Å². The summed E-state index contributed by atoms with van der Waals surface area (Å²) < 4.78 is 0. The number of piperidine rings is 1. The highest BCUT2D eigenvalue weighted by Gasteiger charge is 2.35. The molecule has 0 aliphatic carbocycles. The van der Waals surface area contributed by atoms with E-state index in [9.17, 15) is 14.7 Å². The normalized spacial score (nSPS) is 19.1. The van der Waals surface area contributed by atoms with Gasteiger partial charge in [0.2, 0.25) is 0 Å². The van der Waals surface area contributed by atoms with E-state index in [0.717, 1.165) is 31.4 Å². The van der Waals surface area contributed by atoms with Crippen molar-refractivity contribution in [3.8, 4) is 0 Å². The van der Waals surface area contributed by atoms with Gasteiger partial charge in [-0.15, -0.1) is 0 Å². The highest BCUT2D eigenvalue weighted by Crippen LogP contribution is 2.30. The molecule has 0 spiro atoms. The molecule has 0 unspecified atom stereocenters. The molecule has 4 rings (SSSR count). The number of carbonyl (C=O) groups excluding carboxylic acids is 2. The Labute approximate surface area is 240 Å². The van der Waals surface area contributed by atoms with E-state index in [1.54, 1.807) is 26.0 Å². The standard InChI is InChI=1S/C28H40ClN7O4/c1-4-20-17-35(25-23(29)32-22(24(30)33-25)26(38)31-11-16-37)14-15-36(20)21-9-12-34(13-10-21)27(39)18-5-7-19(8-6-18)28(2,3)40/h5-8,20-21,37,40H,4,9-17H2,1-3H3,(H2,30,33)(H,31,38)/t20-/m0/s1. The first-order valence-corrected chi connectivity index (χ1v) is 14.3. The molecule has 2 aromatic rings. The fourth-order valence-corrected chi connectivity index (χ4v) is 5.80. The Hall–Kier alpha value is -2.99. The number of nitrogens with one attached hydrogen (secondary N) is 1. The number of halogens is 1. The third kappa shape index (κ3) is 6.65. The van der Waals surface area contributed by atoms with Gasteiger partial charge < -0.3 is 31.1 Å². The van der Waals surface area contributed by atoms with Gasteiger partial charge in [-0.1, -0.05) is 30.7 Å². The number of nitrogens with two attached hydrogens (primary N) is 1. The van der Waals surface area contributed by atoms with Crippen molar-refractivity contribution in [2.75, 3.05) is 56.5 Å². The maximum Gasteiger partial charge on any atom is 0.273 e. The minimum atomic E-state index is -0.940. The number of anilines is 2. The number of benzene rings is 1. The van der Waals surface area contributed by atoms with E-state index in [0.29, 0.717) is 43.6 Å². The fraction of sp³-hybridized carbons (Fsp3) is 0.571. The molecule has 11 nitrogen and oxygen atoms in total. The first kappa shape index (κ1) is 30.0. The van der Waals surface area contributed by atoms with Gasteiger partial charge in [-0.05, 0) is 50.8 Å². The molecular weight excluding hydrogens is 534 g/mol. The molecular formula is C28H40ClN7O4. The summed E-state index contributed by atoms with van der Waals surface area (Å²) in [7, 11) is 0. The van der Waals surface area contributed by atoms with Gasteiger partial charge in [0.15, 0.2) is 22.5 Å². The Balaban J connectivity index is 1.36. The average molecular weight is 574 g/mol. The number of hydrogen-bond acceptors (Lipinski definition) is 9. The van der Waals surface area contributed by atoms with Crippen LogP contribution in [0.25, 0.3) is 0 Å². The molecule has 5 N–H and O–H groups in total. The number of aromatic nitrogens is 2. The number of rotatable bonds is 8. The Morgan fingerprint density at radius 1 is 1.12 bits per heavy atom. The lowest BCUT2D eigenvalue weighted by molar-refractivity contribution is 0.0490. The second-order valence-corrected chi connectivity index (χ2v) is 11.3. The molecule has 1 aromatic heterocycles. The van der Waals surface area contributed by atoms with Gasteiger partial charge in [0.05, 0.1) is 12.2 Å². The van der Waals surface area contributed by atoms with E-state index >= 15 is 0 Å². The Kier molecular flexibility index (Phi) is 9.50. The van der Waals surface area contributed by atoms with E-state index in [1.165, 1.54) is 0 Å². The molecule has 12 heteroatoms. The Morgan fingerprint density at radius 3 is 2.40 bits per heavy atom. The molecule has 1 aromatic carbocycles. The van der Waals surface area contributed by atoms with Crippen LogP contribution in [0, 0.1) is 0 Å².